The molecule has 20 heavy (non-hydrogen) atoms. The molecule has 0 aromatic heterocycles. The highest BCUT2D eigenvalue weighted by molar-refractivity contribution is 14.1. The predicted octanol–water partition coefficient (Wildman–Crippen LogP) is 0.593. The van der Waals surface area contributed by atoms with Gasteiger partial charge in [-0.05, 0) is 28.7 Å². The van der Waals surface area contributed by atoms with Crippen molar-refractivity contribution in [2.45, 2.75) is 11.7 Å². The smallest absolute Gasteiger partial charge is 0.270 e. The van der Waals surface area contributed by atoms with Gasteiger partial charge in [0, 0.05) is 28.7 Å². The number of benzene rings is 1. The molecule has 1 unspecified atom stereocenters. The minimum Gasteiger partial charge on any atom is -0.310 e. The van der Waals surface area contributed by atoms with Crippen LogP contribution in [0.2, 0.25) is 0 Å². The molecule has 1 amide bonds. The number of hydrogen-bond acceptors (Lipinski definition) is 5. The number of nitro groups is 1. The van der Waals surface area contributed by atoms with Crippen LogP contribution in [0, 0.1) is 13.7 Å². The number of carbonyl (C=O) groups excluding carboxylic acids is 1. The number of nitro benzene ring substituents is 1. The maximum atomic E-state index is 11.9. The molecule has 1 atom stereocenters. The van der Waals surface area contributed by atoms with Gasteiger partial charge in [0.1, 0.15) is 5.25 Å². The van der Waals surface area contributed by atoms with E-state index in [4.69, 9.17) is 5.14 Å². The summed E-state index contributed by atoms with van der Waals surface area (Å²) in [4.78, 5) is 23.3. The Labute approximate surface area is 128 Å². The summed E-state index contributed by atoms with van der Waals surface area (Å²) >= 11 is 1.87. The first-order chi connectivity index (χ1) is 9.20. The Kier molecular flexibility index (Phi) is 3.97. The molecule has 2 rings (SSSR count). The molecule has 1 aromatic carbocycles. The van der Waals surface area contributed by atoms with Crippen molar-refractivity contribution in [2.24, 2.45) is 5.14 Å². The van der Waals surface area contributed by atoms with E-state index in [0.717, 1.165) is 0 Å². The fourth-order valence-electron chi connectivity index (χ4n) is 1.96. The summed E-state index contributed by atoms with van der Waals surface area (Å²) in [5.74, 6) is -0.365. The third kappa shape index (κ3) is 2.91. The van der Waals surface area contributed by atoms with Gasteiger partial charge in [-0.25, -0.2) is 13.6 Å². The molecular formula is C10H10IN3O5S. The minimum atomic E-state index is -3.78. The molecule has 1 heterocycles. The maximum Gasteiger partial charge on any atom is 0.270 e. The number of nitrogens with two attached hydrogens (primary N) is 1. The molecule has 10 heteroatoms. The van der Waals surface area contributed by atoms with E-state index in [1.165, 1.54) is 23.1 Å². The van der Waals surface area contributed by atoms with Crippen molar-refractivity contribution in [1.29, 1.82) is 0 Å². The lowest BCUT2D eigenvalue weighted by Gasteiger charge is -2.17. The minimum absolute atomic E-state index is 0.0362. The largest absolute Gasteiger partial charge is 0.310 e. The number of carbonyl (C=O) groups is 1. The number of hydrogen-bond donors (Lipinski definition) is 1. The molecule has 8 nitrogen and oxygen atoms in total. The third-order valence-corrected chi connectivity index (χ3v) is 5.10. The zero-order chi connectivity index (χ0) is 15.1. The lowest BCUT2D eigenvalue weighted by atomic mass is 10.2. The molecule has 1 aliphatic rings. The monoisotopic (exact) mass is 411 g/mol. The Morgan fingerprint density at radius 1 is 1.45 bits per heavy atom. The normalized spacial score (nSPS) is 19.4. The molecular weight excluding hydrogens is 401 g/mol. The average molecular weight is 411 g/mol. The fraction of sp³-hybridized carbons (Fsp3) is 0.300. The Hall–Kier alpha value is -1.27. The van der Waals surface area contributed by atoms with Gasteiger partial charge in [0.15, 0.2) is 0 Å². The van der Waals surface area contributed by atoms with Gasteiger partial charge >= 0.3 is 0 Å². The van der Waals surface area contributed by atoms with Crippen LogP contribution in [0.5, 0.6) is 0 Å². The van der Waals surface area contributed by atoms with Crippen LogP contribution in [0.3, 0.4) is 0 Å². The zero-order valence-electron chi connectivity index (χ0n) is 10.0. The fourth-order valence-corrected chi connectivity index (χ4v) is 3.48. The van der Waals surface area contributed by atoms with E-state index in [-0.39, 0.29) is 24.6 Å². The van der Waals surface area contributed by atoms with Crippen molar-refractivity contribution in [3.05, 3.63) is 31.9 Å². The molecule has 1 fully saturated rings. The van der Waals surface area contributed by atoms with Gasteiger partial charge in [-0.1, -0.05) is 0 Å². The number of sulfonamides is 1. The number of halogens is 1. The van der Waals surface area contributed by atoms with E-state index in [9.17, 15) is 23.3 Å². The molecule has 1 aliphatic heterocycles. The van der Waals surface area contributed by atoms with Crippen LogP contribution in [0.1, 0.15) is 6.42 Å². The summed E-state index contributed by atoms with van der Waals surface area (Å²) in [5.41, 5.74) is 0.361. The molecule has 0 aliphatic carbocycles. The summed E-state index contributed by atoms with van der Waals surface area (Å²) < 4.78 is 23.1. The highest BCUT2D eigenvalue weighted by Crippen LogP contribution is 2.31. The third-order valence-electron chi connectivity index (χ3n) is 2.99. The van der Waals surface area contributed by atoms with E-state index < -0.39 is 20.2 Å². The molecule has 0 radical (unpaired) electrons. The van der Waals surface area contributed by atoms with Crippen LogP contribution in [0.4, 0.5) is 11.4 Å². The van der Waals surface area contributed by atoms with Gasteiger partial charge in [-0.15, -0.1) is 0 Å². The van der Waals surface area contributed by atoms with Gasteiger partial charge in [0.2, 0.25) is 15.9 Å². The highest BCUT2D eigenvalue weighted by Gasteiger charge is 2.37. The average Bonchev–Trinajstić information content (AvgIpc) is 2.71. The molecule has 1 saturated heterocycles. The molecule has 0 saturated carbocycles. The first-order valence-corrected chi connectivity index (χ1v) is 8.15. The van der Waals surface area contributed by atoms with E-state index in [0.29, 0.717) is 9.26 Å². The van der Waals surface area contributed by atoms with E-state index in [1.54, 1.807) is 0 Å². The second-order valence-corrected chi connectivity index (χ2v) is 7.32. The van der Waals surface area contributed by atoms with Crippen molar-refractivity contribution in [2.75, 3.05) is 11.4 Å². The Balaban J connectivity index is 2.33. The highest BCUT2D eigenvalue weighted by atomic mass is 127. The lowest BCUT2D eigenvalue weighted by Crippen LogP contribution is -2.32. The molecule has 0 spiro atoms. The summed E-state index contributed by atoms with van der Waals surface area (Å²) in [6.07, 6.45) is -0.175. The van der Waals surface area contributed by atoms with Crippen LogP contribution in [0.25, 0.3) is 0 Å². The van der Waals surface area contributed by atoms with E-state index in [2.05, 4.69) is 0 Å². The van der Waals surface area contributed by atoms with Gasteiger partial charge in [-0.2, -0.15) is 0 Å². The maximum absolute atomic E-state index is 11.9. The number of non-ortho nitro benzene ring substituents is 1. The molecule has 0 bridgehead atoms. The van der Waals surface area contributed by atoms with E-state index >= 15 is 0 Å². The SMILES string of the molecule is NS(=O)(=O)C1CC(=O)N(c2ccc([N+](=O)[O-])cc2I)C1. The number of amides is 1. The summed E-state index contributed by atoms with van der Waals surface area (Å²) in [6, 6.07) is 4.03. The number of rotatable bonds is 3. The first kappa shape index (κ1) is 15.1. The van der Waals surface area contributed by atoms with Gasteiger partial charge < -0.3 is 4.90 Å². The van der Waals surface area contributed by atoms with Crippen molar-refractivity contribution < 1.29 is 18.1 Å². The second-order valence-electron chi connectivity index (χ2n) is 4.31. The zero-order valence-corrected chi connectivity index (χ0v) is 13.0. The van der Waals surface area contributed by atoms with Crippen molar-refractivity contribution >= 4 is 49.9 Å². The van der Waals surface area contributed by atoms with Crippen LogP contribution in [0.15, 0.2) is 18.2 Å². The summed E-state index contributed by atoms with van der Waals surface area (Å²) in [7, 11) is -3.78. The van der Waals surface area contributed by atoms with Crippen molar-refractivity contribution in [1.82, 2.24) is 0 Å². The van der Waals surface area contributed by atoms with Gasteiger partial charge in [0.25, 0.3) is 5.69 Å². The molecule has 2 N–H and O–H groups in total. The number of anilines is 1. The van der Waals surface area contributed by atoms with Crippen molar-refractivity contribution in [3.63, 3.8) is 0 Å². The van der Waals surface area contributed by atoms with Gasteiger partial charge in [-0.3, -0.25) is 14.9 Å². The standard InChI is InChI=1S/C10H10IN3O5S/c11-8-3-6(14(16)17)1-2-9(8)13-5-7(4-10(13)15)20(12,18)19/h1-3,7H,4-5H2,(H2,12,18,19). The lowest BCUT2D eigenvalue weighted by molar-refractivity contribution is -0.384. The predicted molar refractivity (Wildman–Crippen MR) is 79.7 cm³/mol. The quantitative estimate of drug-likeness (QED) is 0.443. The number of primary sulfonamides is 1. The Morgan fingerprint density at radius 3 is 2.55 bits per heavy atom. The van der Waals surface area contributed by atoms with Crippen LogP contribution < -0.4 is 10.0 Å². The van der Waals surface area contributed by atoms with Crippen LogP contribution in [-0.4, -0.2) is 31.0 Å². The Morgan fingerprint density at radius 2 is 2.10 bits per heavy atom. The first-order valence-electron chi connectivity index (χ1n) is 5.46. The van der Waals surface area contributed by atoms with Crippen LogP contribution in [-0.2, 0) is 14.8 Å². The Bertz CT molecular complexity index is 690. The second kappa shape index (κ2) is 5.26. The summed E-state index contributed by atoms with van der Waals surface area (Å²) in [5, 5.41) is 14.8. The topological polar surface area (TPSA) is 124 Å². The van der Waals surface area contributed by atoms with E-state index in [1.807, 2.05) is 22.6 Å². The van der Waals surface area contributed by atoms with Crippen molar-refractivity contribution in [3.8, 4) is 0 Å². The summed E-state index contributed by atoms with van der Waals surface area (Å²) in [6.45, 7) is -0.0362. The van der Waals surface area contributed by atoms with Gasteiger partial charge in [0.05, 0.1) is 10.6 Å². The molecule has 1 aromatic rings. The van der Waals surface area contributed by atoms with Crippen LogP contribution >= 0.6 is 22.6 Å². The molecule has 108 valence electrons. The number of nitrogens with zero attached hydrogens (tertiary/aromatic N) is 2.